The summed E-state index contributed by atoms with van der Waals surface area (Å²) in [6, 6.07) is 5.76. The molecule has 0 aliphatic heterocycles. The van der Waals surface area contributed by atoms with Crippen molar-refractivity contribution in [2.45, 2.75) is 13.3 Å². The number of methoxy groups -OCH3 is 1. The number of benzene rings is 1. The van der Waals surface area contributed by atoms with E-state index in [-0.39, 0.29) is 6.61 Å². The summed E-state index contributed by atoms with van der Waals surface area (Å²) in [7, 11) is 1.62. The second-order valence-electron chi connectivity index (χ2n) is 3.03. The Morgan fingerprint density at radius 2 is 2.14 bits per heavy atom. The van der Waals surface area contributed by atoms with Gasteiger partial charge in [0.05, 0.1) is 13.7 Å². The van der Waals surface area contributed by atoms with E-state index in [1.54, 1.807) is 7.11 Å². The highest BCUT2D eigenvalue weighted by Crippen LogP contribution is 2.30. The molecule has 0 saturated carbocycles. The van der Waals surface area contributed by atoms with Gasteiger partial charge in [-0.15, -0.1) is 0 Å². The number of aliphatic hydroxyl groups is 1. The summed E-state index contributed by atoms with van der Waals surface area (Å²) in [5.74, 6) is 1.51. The third kappa shape index (κ3) is 2.64. The minimum absolute atomic E-state index is 0.147. The molecule has 0 radical (unpaired) electrons. The minimum atomic E-state index is 0.147. The summed E-state index contributed by atoms with van der Waals surface area (Å²) in [6.07, 6.45) is 0.636. The van der Waals surface area contributed by atoms with Crippen LogP contribution in [0, 0.1) is 6.92 Å². The number of aliphatic hydroxyl groups excluding tert-OH is 1. The smallest absolute Gasteiger partial charge is 0.164 e. The van der Waals surface area contributed by atoms with Gasteiger partial charge in [-0.3, -0.25) is 0 Å². The van der Waals surface area contributed by atoms with E-state index in [0.29, 0.717) is 13.0 Å². The van der Waals surface area contributed by atoms with Gasteiger partial charge in [-0.1, -0.05) is 12.1 Å². The SMILES string of the molecule is COc1cccc(C)c1OCCCO. The molecule has 0 atom stereocenters. The quantitative estimate of drug-likeness (QED) is 0.729. The molecule has 0 aromatic heterocycles. The van der Waals surface area contributed by atoms with Crippen molar-refractivity contribution < 1.29 is 14.6 Å². The Morgan fingerprint density at radius 1 is 1.36 bits per heavy atom. The zero-order chi connectivity index (χ0) is 10.4. The molecule has 14 heavy (non-hydrogen) atoms. The van der Waals surface area contributed by atoms with E-state index >= 15 is 0 Å². The summed E-state index contributed by atoms with van der Waals surface area (Å²) in [5.41, 5.74) is 1.04. The first-order valence-corrected chi connectivity index (χ1v) is 4.67. The maximum atomic E-state index is 8.63. The van der Waals surface area contributed by atoms with Gasteiger partial charge in [0.1, 0.15) is 0 Å². The van der Waals surface area contributed by atoms with Crippen LogP contribution >= 0.6 is 0 Å². The number of ether oxygens (including phenoxy) is 2. The fourth-order valence-electron chi connectivity index (χ4n) is 1.21. The molecule has 1 aromatic carbocycles. The second kappa shape index (κ2) is 5.50. The fraction of sp³-hybridized carbons (Fsp3) is 0.455. The van der Waals surface area contributed by atoms with Crippen LogP contribution in [-0.4, -0.2) is 25.4 Å². The first kappa shape index (κ1) is 10.9. The highest BCUT2D eigenvalue weighted by atomic mass is 16.5. The summed E-state index contributed by atoms with van der Waals surface area (Å²) < 4.78 is 10.7. The molecule has 0 amide bonds. The molecule has 0 unspecified atom stereocenters. The zero-order valence-electron chi connectivity index (χ0n) is 8.62. The van der Waals surface area contributed by atoms with E-state index < -0.39 is 0 Å². The van der Waals surface area contributed by atoms with Crippen LogP contribution in [0.5, 0.6) is 11.5 Å². The molecule has 0 spiro atoms. The summed E-state index contributed by atoms with van der Waals surface area (Å²) in [4.78, 5) is 0. The standard InChI is InChI=1S/C11H16O3/c1-9-5-3-6-10(13-2)11(9)14-8-4-7-12/h3,5-6,12H,4,7-8H2,1-2H3. The second-order valence-corrected chi connectivity index (χ2v) is 3.03. The van der Waals surface area contributed by atoms with Crippen molar-refractivity contribution in [3.8, 4) is 11.5 Å². The van der Waals surface area contributed by atoms with Gasteiger partial charge in [-0.25, -0.2) is 0 Å². The first-order valence-electron chi connectivity index (χ1n) is 4.67. The first-order chi connectivity index (χ1) is 6.79. The van der Waals surface area contributed by atoms with Crippen molar-refractivity contribution in [3.63, 3.8) is 0 Å². The molecule has 1 N–H and O–H groups in total. The maximum absolute atomic E-state index is 8.63. The number of hydrogen-bond donors (Lipinski definition) is 1. The Morgan fingerprint density at radius 3 is 2.79 bits per heavy atom. The molecule has 3 nitrogen and oxygen atoms in total. The van der Waals surface area contributed by atoms with Gasteiger partial charge in [0.15, 0.2) is 11.5 Å². The Kier molecular flexibility index (Phi) is 4.26. The van der Waals surface area contributed by atoms with Crippen LogP contribution in [0.15, 0.2) is 18.2 Å². The van der Waals surface area contributed by atoms with Crippen molar-refractivity contribution in [2.75, 3.05) is 20.3 Å². The maximum Gasteiger partial charge on any atom is 0.164 e. The van der Waals surface area contributed by atoms with Crippen LogP contribution in [0.2, 0.25) is 0 Å². The third-order valence-corrected chi connectivity index (χ3v) is 1.94. The zero-order valence-corrected chi connectivity index (χ0v) is 8.62. The molecule has 0 bridgehead atoms. The number of aryl methyl sites for hydroxylation is 1. The summed E-state index contributed by atoms with van der Waals surface area (Å²) in [6.45, 7) is 2.63. The largest absolute Gasteiger partial charge is 0.493 e. The monoisotopic (exact) mass is 196 g/mol. The van der Waals surface area contributed by atoms with Gasteiger partial charge >= 0.3 is 0 Å². The molecule has 1 aromatic rings. The number of rotatable bonds is 5. The van der Waals surface area contributed by atoms with Crippen LogP contribution in [0.1, 0.15) is 12.0 Å². The highest BCUT2D eigenvalue weighted by Gasteiger charge is 2.06. The lowest BCUT2D eigenvalue weighted by molar-refractivity contribution is 0.227. The van der Waals surface area contributed by atoms with E-state index in [4.69, 9.17) is 14.6 Å². The van der Waals surface area contributed by atoms with Gasteiger partial charge in [0, 0.05) is 13.0 Å². The molecule has 3 heteroatoms. The van der Waals surface area contributed by atoms with Gasteiger partial charge in [-0.05, 0) is 18.6 Å². The lowest BCUT2D eigenvalue weighted by Crippen LogP contribution is -2.02. The average molecular weight is 196 g/mol. The van der Waals surface area contributed by atoms with Crippen molar-refractivity contribution in [1.29, 1.82) is 0 Å². The van der Waals surface area contributed by atoms with Gasteiger partial charge in [0.25, 0.3) is 0 Å². The molecule has 0 aliphatic rings. The summed E-state index contributed by atoms with van der Waals surface area (Å²) in [5, 5.41) is 8.63. The van der Waals surface area contributed by atoms with E-state index in [1.807, 2.05) is 25.1 Å². The van der Waals surface area contributed by atoms with Crippen molar-refractivity contribution in [2.24, 2.45) is 0 Å². The number of para-hydroxylation sites is 1. The van der Waals surface area contributed by atoms with Crippen molar-refractivity contribution >= 4 is 0 Å². The predicted molar refractivity (Wildman–Crippen MR) is 54.9 cm³/mol. The highest BCUT2D eigenvalue weighted by molar-refractivity contribution is 5.45. The van der Waals surface area contributed by atoms with Gasteiger partial charge in [0.2, 0.25) is 0 Å². The minimum Gasteiger partial charge on any atom is -0.493 e. The van der Waals surface area contributed by atoms with E-state index in [1.165, 1.54) is 0 Å². The lowest BCUT2D eigenvalue weighted by Gasteiger charge is -2.12. The molecule has 0 saturated heterocycles. The Balaban J connectivity index is 2.72. The van der Waals surface area contributed by atoms with Crippen molar-refractivity contribution in [1.82, 2.24) is 0 Å². The molecular formula is C11H16O3. The molecule has 0 aliphatic carbocycles. The Hall–Kier alpha value is -1.22. The van der Waals surface area contributed by atoms with Crippen LogP contribution in [0.4, 0.5) is 0 Å². The van der Waals surface area contributed by atoms with E-state index in [9.17, 15) is 0 Å². The van der Waals surface area contributed by atoms with Gasteiger partial charge < -0.3 is 14.6 Å². The molecule has 0 heterocycles. The molecule has 1 rings (SSSR count). The predicted octanol–water partition coefficient (Wildman–Crippen LogP) is 1.76. The molecular weight excluding hydrogens is 180 g/mol. The third-order valence-electron chi connectivity index (χ3n) is 1.94. The van der Waals surface area contributed by atoms with Crippen LogP contribution in [0.25, 0.3) is 0 Å². The molecule has 78 valence electrons. The van der Waals surface area contributed by atoms with E-state index in [2.05, 4.69) is 0 Å². The van der Waals surface area contributed by atoms with Crippen LogP contribution < -0.4 is 9.47 Å². The Bertz CT molecular complexity index is 284. The van der Waals surface area contributed by atoms with E-state index in [0.717, 1.165) is 17.1 Å². The van der Waals surface area contributed by atoms with Crippen LogP contribution in [0.3, 0.4) is 0 Å². The molecule has 0 fully saturated rings. The van der Waals surface area contributed by atoms with Crippen LogP contribution in [-0.2, 0) is 0 Å². The summed E-state index contributed by atoms with van der Waals surface area (Å²) >= 11 is 0. The Labute approximate surface area is 84.3 Å². The fourth-order valence-corrected chi connectivity index (χ4v) is 1.21. The normalized spacial score (nSPS) is 9.93. The van der Waals surface area contributed by atoms with Crippen molar-refractivity contribution in [3.05, 3.63) is 23.8 Å². The number of hydrogen-bond acceptors (Lipinski definition) is 3. The topological polar surface area (TPSA) is 38.7 Å². The lowest BCUT2D eigenvalue weighted by atomic mass is 10.2. The average Bonchev–Trinajstić information content (AvgIpc) is 2.20. The van der Waals surface area contributed by atoms with Gasteiger partial charge in [-0.2, -0.15) is 0 Å².